The van der Waals surface area contributed by atoms with Gasteiger partial charge in [0.2, 0.25) is 0 Å². The van der Waals surface area contributed by atoms with Crippen LogP contribution in [0.15, 0.2) is 69.6 Å². The van der Waals surface area contributed by atoms with E-state index < -0.39 is 0 Å². The molecule has 0 unspecified atom stereocenters. The summed E-state index contributed by atoms with van der Waals surface area (Å²) in [6.07, 6.45) is 0. The van der Waals surface area contributed by atoms with Crippen LogP contribution in [0.1, 0.15) is 22.5 Å². The van der Waals surface area contributed by atoms with Crippen LogP contribution in [0.3, 0.4) is 0 Å². The first-order valence-corrected chi connectivity index (χ1v) is 11.6. The van der Waals surface area contributed by atoms with Crippen LogP contribution in [0, 0.1) is 27.7 Å². The normalized spacial score (nSPS) is 11.7. The van der Waals surface area contributed by atoms with Crippen molar-refractivity contribution >= 4 is 53.7 Å². The van der Waals surface area contributed by atoms with Crippen LogP contribution >= 0.6 is 31.9 Å². The minimum absolute atomic E-state index is 1.09. The van der Waals surface area contributed by atoms with Gasteiger partial charge >= 0.3 is 0 Å². The molecule has 0 amide bonds. The van der Waals surface area contributed by atoms with Crippen molar-refractivity contribution in [2.24, 2.45) is 0 Å². The summed E-state index contributed by atoms with van der Waals surface area (Å²) in [5.41, 5.74) is 10.1. The summed E-state index contributed by atoms with van der Waals surface area (Å²) >= 11 is 7.12. The van der Waals surface area contributed by atoms with Crippen LogP contribution in [0.5, 0.6) is 0 Å². The maximum Gasteiger partial charge on any atom is 0.0555 e. The molecule has 5 rings (SSSR count). The van der Waals surface area contributed by atoms with Crippen LogP contribution < -0.4 is 0 Å². The van der Waals surface area contributed by atoms with E-state index >= 15 is 0 Å². The predicted octanol–water partition coefficient (Wildman–Crippen LogP) is 8.33. The Bertz CT molecular complexity index is 1310. The molecule has 4 heteroatoms. The molecule has 0 fully saturated rings. The molecule has 0 saturated carbocycles. The molecule has 5 aromatic rings. The Labute approximate surface area is 193 Å². The second kappa shape index (κ2) is 7.14. The molecule has 0 aliphatic heterocycles. The number of fused-ring (bicyclic) bond motifs is 2. The Balaban J connectivity index is 1.88. The van der Waals surface area contributed by atoms with Crippen LogP contribution in [0.4, 0.5) is 0 Å². The number of aromatic nitrogens is 2. The molecule has 30 heavy (non-hydrogen) atoms. The molecule has 0 atom stereocenters. The predicted molar refractivity (Wildman–Crippen MR) is 134 cm³/mol. The number of rotatable bonds is 2. The molecule has 2 aromatic heterocycles. The highest BCUT2D eigenvalue weighted by Crippen LogP contribution is 2.36. The second-order valence-electron chi connectivity index (χ2n) is 7.93. The van der Waals surface area contributed by atoms with E-state index in [-0.39, 0.29) is 0 Å². The van der Waals surface area contributed by atoms with Gasteiger partial charge in [0.05, 0.1) is 11.0 Å². The standard InChI is InChI=1S/C26H22Br2N2/c1-15-17(3)29(21-9-5-19(27)6-10-21)25-14-26-24(13-23(15)25)16(2)18(4)30(26)22-11-7-20(28)8-12-22/h5-14H,1-4H3. The largest absolute Gasteiger partial charge is 0.314 e. The number of hydrogen-bond acceptors (Lipinski definition) is 0. The number of aryl methyl sites for hydroxylation is 2. The zero-order valence-electron chi connectivity index (χ0n) is 17.4. The fourth-order valence-corrected chi connectivity index (χ4v) is 5.01. The molecule has 2 heterocycles. The van der Waals surface area contributed by atoms with Crippen molar-refractivity contribution in [2.75, 3.05) is 0 Å². The van der Waals surface area contributed by atoms with Gasteiger partial charge in [0.1, 0.15) is 0 Å². The highest BCUT2D eigenvalue weighted by atomic mass is 79.9. The van der Waals surface area contributed by atoms with E-state index in [4.69, 9.17) is 0 Å². The van der Waals surface area contributed by atoms with Crippen LogP contribution in [0.25, 0.3) is 33.2 Å². The molecule has 150 valence electrons. The zero-order chi connectivity index (χ0) is 21.2. The Hall–Kier alpha value is -2.30. The third-order valence-corrected chi connectivity index (χ3v) is 7.39. The van der Waals surface area contributed by atoms with Gasteiger partial charge in [-0.25, -0.2) is 0 Å². The van der Waals surface area contributed by atoms with Crippen LogP contribution in [0.2, 0.25) is 0 Å². The summed E-state index contributed by atoms with van der Waals surface area (Å²) in [6.45, 7) is 8.88. The van der Waals surface area contributed by atoms with Gasteiger partial charge in [0.15, 0.2) is 0 Å². The van der Waals surface area contributed by atoms with E-state index in [0.29, 0.717) is 0 Å². The Morgan fingerprint density at radius 1 is 0.533 bits per heavy atom. The van der Waals surface area contributed by atoms with Gasteiger partial charge in [-0.3, -0.25) is 0 Å². The van der Waals surface area contributed by atoms with E-state index in [1.807, 2.05) is 0 Å². The quantitative estimate of drug-likeness (QED) is 0.221. The molecule has 0 saturated heterocycles. The third kappa shape index (κ3) is 2.89. The fourth-order valence-electron chi connectivity index (χ4n) is 4.48. The summed E-state index contributed by atoms with van der Waals surface area (Å²) in [5.74, 6) is 0. The summed E-state index contributed by atoms with van der Waals surface area (Å²) in [4.78, 5) is 0. The van der Waals surface area contributed by atoms with Gasteiger partial charge in [-0.2, -0.15) is 0 Å². The van der Waals surface area contributed by atoms with E-state index in [1.54, 1.807) is 0 Å². The average molecular weight is 522 g/mol. The molecule has 0 aliphatic rings. The topological polar surface area (TPSA) is 9.86 Å². The molecular formula is C26H22Br2N2. The van der Waals surface area contributed by atoms with Gasteiger partial charge in [0, 0.05) is 42.5 Å². The van der Waals surface area contributed by atoms with Crippen molar-refractivity contribution in [3.05, 3.63) is 92.1 Å². The van der Waals surface area contributed by atoms with Crippen molar-refractivity contribution < 1.29 is 0 Å². The minimum Gasteiger partial charge on any atom is -0.314 e. The maximum absolute atomic E-state index is 3.56. The fraction of sp³-hybridized carbons (Fsp3) is 0.154. The first-order valence-electron chi connectivity index (χ1n) is 10.0. The average Bonchev–Trinajstić information content (AvgIpc) is 3.13. The molecular weight excluding hydrogens is 500 g/mol. The number of hydrogen-bond donors (Lipinski definition) is 0. The Morgan fingerprint density at radius 3 is 1.27 bits per heavy atom. The van der Waals surface area contributed by atoms with Crippen LogP contribution in [-0.4, -0.2) is 9.13 Å². The smallest absolute Gasteiger partial charge is 0.0555 e. The summed E-state index contributed by atoms with van der Waals surface area (Å²) in [5, 5.41) is 2.64. The molecule has 3 aromatic carbocycles. The maximum atomic E-state index is 3.56. The zero-order valence-corrected chi connectivity index (χ0v) is 20.6. The molecule has 0 aliphatic carbocycles. The summed E-state index contributed by atoms with van der Waals surface area (Å²) in [7, 11) is 0. The minimum atomic E-state index is 1.09. The van der Waals surface area contributed by atoms with E-state index in [2.05, 4.69) is 129 Å². The number of nitrogens with zero attached hydrogens (tertiary/aromatic N) is 2. The summed E-state index contributed by atoms with van der Waals surface area (Å²) < 4.78 is 6.94. The number of benzene rings is 3. The molecule has 0 bridgehead atoms. The first-order chi connectivity index (χ1) is 14.4. The van der Waals surface area contributed by atoms with Crippen molar-refractivity contribution in [1.29, 1.82) is 0 Å². The third-order valence-electron chi connectivity index (χ3n) is 6.33. The lowest BCUT2D eigenvalue weighted by Crippen LogP contribution is -1.98. The lowest BCUT2D eigenvalue weighted by atomic mass is 10.1. The van der Waals surface area contributed by atoms with E-state index in [9.17, 15) is 0 Å². The van der Waals surface area contributed by atoms with Crippen LogP contribution in [-0.2, 0) is 0 Å². The van der Waals surface area contributed by atoms with Gasteiger partial charge in [-0.15, -0.1) is 0 Å². The molecule has 0 N–H and O–H groups in total. The highest BCUT2D eigenvalue weighted by molar-refractivity contribution is 9.10. The first kappa shape index (κ1) is 19.7. The van der Waals surface area contributed by atoms with E-state index in [1.165, 1.54) is 55.7 Å². The van der Waals surface area contributed by atoms with Crippen molar-refractivity contribution in [3.8, 4) is 11.4 Å². The van der Waals surface area contributed by atoms with Crippen molar-refractivity contribution in [3.63, 3.8) is 0 Å². The van der Waals surface area contributed by atoms with Gasteiger partial charge in [-0.05, 0) is 99.5 Å². The molecule has 0 radical (unpaired) electrons. The van der Waals surface area contributed by atoms with Gasteiger partial charge < -0.3 is 9.13 Å². The van der Waals surface area contributed by atoms with Crippen molar-refractivity contribution in [1.82, 2.24) is 9.13 Å². The van der Waals surface area contributed by atoms with Gasteiger partial charge in [-0.1, -0.05) is 31.9 Å². The SMILES string of the molecule is Cc1c(C)n(-c2ccc(Br)cc2)c2cc3c(cc12)c(C)c(C)n3-c1ccc(Br)cc1. The summed E-state index contributed by atoms with van der Waals surface area (Å²) in [6, 6.07) is 21.8. The molecule has 2 nitrogen and oxygen atoms in total. The van der Waals surface area contributed by atoms with E-state index in [0.717, 1.165) is 8.95 Å². The van der Waals surface area contributed by atoms with Gasteiger partial charge in [0.25, 0.3) is 0 Å². The number of halogens is 2. The second-order valence-corrected chi connectivity index (χ2v) is 9.76. The highest BCUT2D eigenvalue weighted by Gasteiger charge is 2.18. The lowest BCUT2D eigenvalue weighted by Gasteiger charge is -2.11. The van der Waals surface area contributed by atoms with Crippen molar-refractivity contribution in [2.45, 2.75) is 27.7 Å². The monoisotopic (exact) mass is 520 g/mol. The lowest BCUT2D eigenvalue weighted by molar-refractivity contribution is 1.03. The Morgan fingerprint density at radius 2 is 0.900 bits per heavy atom. The molecule has 0 spiro atoms. The Kier molecular flexibility index (Phi) is 4.68.